The van der Waals surface area contributed by atoms with Gasteiger partial charge in [-0.3, -0.25) is 0 Å². The monoisotopic (exact) mass is 254 g/mol. The Bertz CT molecular complexity index is 354. The van der Waals surface area contributed by atoms with E-state index < -0.39 is 0 Å². The average molecular weight is 254 g/mol. The molecule has 18 heavy (non-hydrogen) atoms. The number of para-hydroxylation sites is 1. The first kappa shape index (κ1) is 14.9. The van der Waals surface area contributed by atoms with Gasteiger partial charge in [-0.25, -0.2) is 4.39 Å². The van der Waals surface area contributed by atoms with Crippen molar-refractivity contribution in [2.45, 2.75) is 20.3 Å². The predicted molar refractivity (Wildman–Crippen MR) is 72.4 cm³/mol. The van der Waals surface area contributed by atoms with Gasteiger partial charge in [-0.05, 0) is 37.7 Å². The second-order valence-electron chi connectivity index (χ2n) is 4.14. The fraction of sp³-hybridized carbons (Fsp3) is 0.571. The van der Waals surface area contributed by atoms with Gasteiger partial charge in [0.2, 0.25) is 0 Å². The molecular formula is C14H23FN2O. The summed E-state index contributed by atoms with van der Waals surface area (Å²) in [7, 11) is 0. The number of nitrogens with two attached hydrogens (primary N) is 1. The van der Waals surface area contributed by atoms with Crippen molar-refractivity contribution in [3.63, 3.8) is 0 Å². The number of ether oxygens (including phenoxy) is 1. The molecule has 0 fully saturated rings. The van der Waals surface area contributed by atoms with Crippen LogP contribution < -0.4 is 10.5 Å². The van der Waals surface area contributed by atoms with Gasteiger partial charge in [0, 0.05) is 6.54 Å². The Hall–Kier alpha value is -1.13. The lowest BCUT2D eigenvalue weighted by Gasteiger charge is -2.19. The molecule has 0 radical (unpaired) electrons. The number of nitrogens with zero attached hydrogens (tertiary/aromatic N) is 1. The van der Waals surface area contributed by atoms with E-state index in [1.165, 1.54) is 6.07 Å². The van der Waals surface area contributed by atoms with E-state index >= 15 is 0 Å². The minimum absolute atomic E-state index is 0.305. The average Bonchev–Trinajstić information content (AvgIpc) is 2.38. The maximum atomic E-state index is 13.7. The van der Waals surface area contributed by atoms with E-state index in [4.69, 9.17) is 10.5 Å². The second-order valence-corrected chi connectivity index (χ2v) is 4.14. The van der Waals surface area contributed by atoms with Crippen LogP contribution in [0.25, 0.3) is 0 Å². The van der Waals surface area contributed by atoms with E-state index in [0.717, 1.165) is 25.2 Å². The van der Waals surface area contributed by atoms with E-state index in [1.807, 2.05) is 6.07 Å². The summed E-state index contributed by atoms with van der Waals surface area (Å²) in [6.45, 7) is 7.97. The van der Waals surface area contributed by atoms with Gasteiger partial charge in [0.1, 0.15) is 6.61 Å². The van der Waals surface area contributed by atoms with Crippen LogP contribution in [-0.2, 0) is 6.42 Å². The number of benzene rings is 1. The highest BCUT2D eigenvalue weighted by atomic mass is 19.1. The molecule has 1 aromatic carbocycles. The van der Waals surface area contributed by atoms with Gasteiger partial charge < -0.3 is 15.4 Å². The Labute approximate surface area is 109 Å². The van der Waals surface area contributed by atoms with Gasteiger partial charge in [0.15, 0.2) is 11.6 Å². The smallest absolute Gasteiger partial charge is 0.165 e. The molecule has 0 amide bonds. The minimum atomic E-state index is -0.305. The summed E-state index contributed by atoms with van der Waals surface area (Å²) in [5, 5.41) is 0. The summed E-state index contributed by atoms with van der Waals surface area (Å²) in [5.41, 5.74) is 6.36. The second kappa shape index (κ2) is 8.06. The molecule has 1 rings (SSSR count). The maximum Gasteiger partial charge on any atom is 0.165 e. The molecule has 0 saturated heterocycles. The molecule has 0 unspecified atom stereocenters. The van der Waals surface area contributed by atoms with E-state index in [1.54, 1.807) is 6.07 Å². The lowest BCUT2D eigenvalue weighted by atomic mass is 10.1. The molecule has 4 heteroatoms. The standard InChI is InChI=1S/C14H23FN2O/c1-3-17(4-2)10-11-18-14-12(8-9-16)6-5-7-13(14)15/h5-7H,3-4,8-11,16H2,1-2H3. The molecule has 102 valence electrons. The predicted octanol–water partition coefficient (Wildman–Crippen LogP) is 2.05. The molecule has 1 aromatic rings. The molecule has 0 bridgehead atoms. The summed E-state index contributed by atoms with van der Waals surface area (Å²) in [6.07, 6.45) is 0.637. The SMILES string of the molecule is CCN(CC)CCOc1c(F)cccc1CCN. The highest BCUT2D eigenvalue weighted by Gasteiger charge is 2.09. The highest BCUT2D eigenvalue weighted by molar-refractivity contribution is 5.35. The van der Waals surface area contributed by atoms with Crippen molar-refractivity contribution in [3.8, 4) is 5.75 Å². The normalized spacial score (nSPS) is 10.9. The summed E-state index contributed by atoms with van der Waals surface area (Å²) in [5.74, 6) is 0.0515. The third-order valence-corrected chi connectivity index (χ3v) is 3.01. The number of hydrogen-bond donors (Lipinski definition) is 1. The van der Waals surface area contributed by atoms with Crippen LogP contribution in [0.5, 0.6) is 5.75 Å². The lowest BCUT2D eigenvalue weighted by Crippen LogP contribution is -2.28. The van der Waals surface area contributed by atoms with Crippen LogP contribution >= 0.6 is 0 Å². The zero-order valence-electron chi connectivity index (χ0n) is 11.3. The van der Waals surface area contributed by atoms with Gasteiger partial charge in [0.05, 0.1) is 0 Å². The molecule has 0 aliphatic rings. The summed E-state index contributed by atoms with van der Waals surface area (Å²) < 4.78 is 19.3. The van der Waals surface area contributed by atoms with Gasteiger partial charge in [-0.15, -0.1) is 0 Å². The van der Waals surface area contributed by atoms with Crippen LogP contribution in [-0.4, -0.2) is 37.7 Å². The first-order valence-electron chi connectivity index (χ1n) is 6.55. The molecule has 0 heterocycles. The Morgan fingerprint density at radius 1 is 1.28 bits per heavy atom. The Kier molecular flexibility index (Phi) is 6.68. The van der Waals surface area contributed by atoms with Gasteiger partial charge in [-0.2, -0.15) is 0 Å². The first-order chi connectivity index (χ1) is 8.72. The summed E-state index contributed by atoms with van der Waals surface area (Å²) in [4.78, 5) is 2.24. The van der Waals surface area contributed by atoms with Crippen LogP contribution in [0.15, 0.2) is 18.2 Å². The number of halogens is 1. The fourth-order valence-corrected chi connectivity index (χ4v) is 1.88. The molecule has 0 aliphatic heterocycles. The number of rotatable bonds is 8. The van der Waals surface area contributed by atoms with Crippen molar-refractivity contribution in [2.24, 2.45) is 5.73 Å². The minimum Gasteiger partial charge on any atom is -0.489 e. The topological polar surface area (TPSA) is 38.5 Å². The number of likely N-dealkylation sites (N-methyl/N-ethyl adjacent to an activating group) is 1. The highest BCUT2D eigenvalue weighted by Crippen LogP contribution is 2.22. The van der Waals surface area contributed by atoms with Crippen molar-refractivity contribution in [1.29, 1.82) is 0 Å². The van der Waals surface area contributed by atoms with Crippen LogP contribution in [0.1, 0.15) is 19.4 Å². The van der Waals surface area contributed by atoms with Crippen molar-refractivity contribution < 1.29 is 9.13 Å². The van der Waals surface area contributed by atoms with Crippen LogP contribution in [0.2, 0.25) is 0 Å². The Morgan fingerprint density at radius 2 is 2.00 bits per heavy atom. The van der Waals surface area contributed by atoms with Crippen molar-refractivity contribution in [3.05, 3.63) is 29.6 Å². The molecule has 0 spiro atoms. The van der Waals surface area contributed by atoms with Crippen molar-refractivity contribution in [2.75, 3.05) is 32.8 Å². The largest absolute Gasteiger partial charge is 0.489 e. The van der Waals surface area contributed by atoms with Crippen molar-refractivity contribution >= 4 is 0 Å². The third-order valence-electron chi connectivity index (χ3n) is 3.01. The van der Waals surface area contributed by atoms with E-state index in [0.29, 0.717) is 25.3 Å². The molecule has 0 saturated carbocycles. The van der Waals surface area contributed by atoms with Crippen LogP contribution in [0.4, 0.5) is 4.39 Å². The summed E-state index contributed by atoms with van der Waals surface area (Å²) >= 11 is 0. The van der Waals surface area contributed by atoms with Crippen LogP contribution in [0.3, 0.4) is 0 Å². The number of hydrogen-bond acceptors (Lipinski definition) is 3. The molecule has 0 aromatic heterocycles. The van der Waals surface area contributed by atoms with Crippen LogP contribution in [0, 0.1) is 5.82 Å². The Balaban J connectivity index is 2.60. The molecular weight excluding hydrogens is 231 g/mol. The fourth-order valence-electron chi connectivity index (χ4n) is 1.88. The molecule has 3 nitrogen and oxygen atoms in total. The van der Waals surface area contributed by atoms with E-state index in [-0.39, 0.29) is 5.82 Å². The molecule has 0 atom stereocenters. The zero-order valence-corrected chi connectivity index (χ0v) is 11.3. The molecule has 2 N–H and O–H groups in total. The molecule has 0 aliphatic carbocycles. The third kappa shape index (κ3) is 4.27. The van der Waals surface area contributed by atoms with Crippen molar-refractivity contribution in [1.82, 2.24) is 4.90 Å². The first-order valence-corrected chi connectivity index (χ1v) is 6.55. The summed E-state index contributed by atoms with van der Waals surface area (Å²) in [6, 6.07) is 4.98. The quantitative estimate of drug-likeness (QED) is 0.771. The zero-order chi connectivity index (χ0) is 13.4. The Morgan fingerprint density at radius 3 is 2.61 bits per heavy atom. The van der Waals surface area contributed by atoms with Gasteiger partial charge >= 0.3 is 0 Å². The van der Waals surface area contributed by atoms with Gasteiger partial charge in [-0.1, -0.05) is 26.0 Å². The maximum absolute atomic E-state index is 13.7. The lowest BCUT2D eigenvalue weighted by molar-refractivity contribution is 0.216. The van der Waals surface area contributed by atoms with Gasteiger partial charge in [0.25, 0.3) is 0 Å². The van der Waals surface area contributed by atoms with E-state index in [2.05, 4.69) is 18.7 Å². The van der Waals surface area contributed by atoms with E-state index in [9.17, 15) is 4.39 Å².